The average molecular weight is 879 g/mol. The van der Waals surface area contributed by atoms with Crippen LogP contribution in [0.1, 0.15) is 11.1 Å². The number of ether oxygens (including phenoxy) is 2. The summed E-state index contributed by atoms with van der Waals surface area (Å²) in [6.45, 7) is 4.31. The number of nitrogens with one attached hydrogen (secondary N) is 4. The van der Waals surface area contributed by atoms with Gasteiger partial charge in [-0.15, -0.1) is 0 Å². The summed E-state index contributed by atoms with van der Waals surface area (Å²) < 4.78 is 73.2. The van der Waals surface area contributed by atoms with Crippen LogP contribution in [0.4, 0.5) is 58.4 Å². The van der Waals surface area contributed by atoms with E-state index in [0.717, 1.165) is 17.6 Å². The molecule has 2 saturated heterocycles. The van der Waals surface area contributed by atoms with Crippen LogP contribution in [0.3, 0.4) is 0 Å². The second kappa shape index (κ2) is 18.5. The summed E-state index contributed by atoms with van der Waals surface area (Å²) >= 11 is 0. The van der Waals surface area contributed by atoms with Gasteiger partial charge >= 0.3 is 0 Å². The topological polar surface area (TPSA) is 239 Å². The predicted molar refractivity (Wildman–Crippen MR) is 236 cm³/mol. The molecule has 2 fully saturated rings. The van der Waals surface area contributed by atoms with Gasteiger partial charge in [0, 0.05) is 55.2 Å². The molecular weight excluding hydrogens is 837 g/mol. The van der Waals surface area contributed by atoms with Crippen LogP contribution in [0.2, 0.25) is 0 Å². The minimum Gasteiger partial charge on any atom is -0.378 e. The molecule has 0 atom stereocenters. The van der Waals surface area contributed by atoms with Gasteiger partial charge in [-0.2, -0.15) is 38.3 Å². The molecule has 0 bridgehead atoms. The summed E-state index contributed by atoms with van der Waals surface area (Å²) in [5, 5.41) is 12.5. The first-order valence-corrected chi connectivity index (χ1v) is 22.8. The maximum absolute atomic E-state index is 13.2. The Labute approximate surface area is 358 Å². The molecule has 19 nitrogen and oxygen atoms in total. The van der Waals surface area contributed by atoms with E-state index < -0.39 is 24.9 Å². The van der Waals surface area contributed by atoms with Crippen LogP contribution in [-0.2, 0) is 29.4 Å². The maximum atomic E-state index is 13.2. The molecule has 2 aliphatic rings. The van der Waals surface area contributed by atoms with Crippen LogP contribution in [0, 0.1) is 0 Å². The van der Waals surface area contributed by atoms with Crippen molar-refractivity contribution in [2.24, 2.45) is 0 Å². The zero-order valence-corrected chi connectivity index (χ0v) is 35.0. The van der Waals surface area contributed by atoms with Crippen molar-refractivity contribution in [1.29, 1.82) is 0 Å². The number of rotatable bonds is 14. The number of morpholine rings is 2. The lowest BCUT2D eigenvalue weighted by atomic mass is 10.1. The number of sulfone groups is 1. The number of nitrogens with zero attached hydrogens (tertiary/aromatic N) is 8. The Morgan fingerprint density at radius 1 is 0.516 bits per heavy atom. The lowest BCUT2D eigenvalue weighted by Gasteiger charge is -2.27. The van der Waals surface area contributed by atoms with Crippen molar-refractivity contribution in [3.05, 3.63) is 108 Å². The van der Waals surface area contributed by atoms with Crippen LogP contribution in [0.5, 0.6) is 0 Å². The van der Waals surface area contributed by atoms with Crippen LogP contribution in [0.15, 0.2) is 107 Å². The van der Waals surface area contributed by atoms with Crippen molar-refractivity contribution in [3.8, 4) is 0 Å². The van der Waals surface area contributed by atoms with Crippen molar-refractivity contribution >= 4 is 90.5 Å². The van der Waals surface area contributed by atoms with E-state index in [1.165, 1.54) is 30.4 Å². The van der Waals surface area contributed by atoms with Crippen molar-refractivity contribution in [3.63, 3.8) is 0 Å². The van der Waals surface area contributed by atoms with Crippen molar-refractivity contribution in [2.45, 2.75) is 9.79 Å². The van der Waals surface area contributed by atoms with E-state index >= 15 is 0 Å². The Morgan fingerprint density at radius 3 is 1.27 bits per heavy atom. The van der Waals surface area contributed by atoms with Gasteiger partial charge in [-0.25, -0.2) is 8.42 Å². The molecule has 0 radical (unpaired) electrons. The molecule has 8 rings (SSSR count). The molecule has 62 heavy (non-hydrogen) atoms. The summed E-state index contributed by atoms with van der Waals surface area (Å²) in [5.41, 5.74) is 2.50. The Kier molecular flexibility index (Phi) is 12.5. The number of anilines is 10. The molecule has 6 aromatic rings. The quantitative estimate of drug-likeness (QED) is 0.0668. The summed E-state index contributed by atoms with van der Waals surface area (Å²) in [5.74, 6) is 1.63. The van der Waals surface area contributed by atoms with Gasteiger partial charge in [-0.3, -0.25) is 4.55 Å². The van der Waals surface area contributed by atoms with E-state index in [0.29, 0.717) is 70.2 Å². The minimum atomic E-state index is -4.78. The second-order valence-electron chi connectivity index (χ2n) is 14.1. The van der Waals surface area contributed by atoms with Gasteiger partial charge in [-0.1, -0.05) is 60.7 Å². The molecule has 0 spiro atoms. The van der Waals surface area contributed by atoms with Gasteiger partial charge in [0.05, 0.1) is 31.3 Å². The fraction of sp³-hybridized carbons (Fsp3) is 0.220. The highest BCUT2D eigenvalue weighted by atomic mass is 32.2. The SMILES string of the molecule is CS(=O)(=O)c1cc(Nc2nc(Nc3ccccc3)nc(N3CCOCC3)n2)ccc1/C=C/c1ccc(Nc2nc(Nc3ccccc3)nc(N3CCOCC3)n2)cc1S(=O)(=O)O. The number of benzene rings is 4. The third-order valence-electron chi connectivity index (χ3n) is 9.55. The number of hydrogen-bond acceptors (Lipinski definition) is 18. The molecule has 0 saturated carbocycles. The number of aromatic nitrogens is 6. The average Bonchev–Trinajstić information content (AvgIpc) is 3.27. The number of hydrogen-bond donors (Lipinski definition) is 5. The third-order valence-corrected chi connectivity index (χ3v) is 11.6. The Bertz CT molecular complexity index is 2600. The Hall–Kier alpha value is -6.78. The van der Waals surface area contributed by atoms with Gasteiger partial charge in [-0.05, 0) is 59.7 Å². The van der Waals surface area contributed by atoms with Gasteiger partial charge < -0.3 is 40.5 Å². The lowest BCUT2D eigenvalue weighted by Crippen LogP contribution is -2.37. The Morgan fingerprint density at radius 2 is 0.887 bits per heavy atom. The molecule has 0 amide bonds. The van der Waals surface area contributed by atoms with Crippen molar-refractivity contribution in [1.82, 2.24) is 29.9 Å². The second-order valence-corrected chi connectivity index (χ2v) is 17.5. The zero-order chi connectivity index (χ0) is 43.1. The molecular formula is C41H42N12O7S2. The largest absolute Gasteiger partial charge is 0.378 e. The van der Waals surface area contributed by atoms with Crippen LogP contribution in [0.25, 0.3) is 12.2 Å². The van der Waals surface area contributed by atoms with E-state index in [9.17, 15) is 21.4 Å². The highest BCUT2D eigenvalue weighted by Crippen LogP contribution is 2.29. The molecule has 2 aliphatic heterocycles. The fourth-order valence-corrected chi connectivity index (χ4v) is 8.16. The van der Waals surface area contributed by atoms with Gasteiger partial charge in [0.1, 0.15) is 4.90 Å². The normalized spacial score (nSPS) is 14.7. The first-order chi connectivity index (χ1) is 29.9. The lowest BCUT2D eigenvalue weighted by molar-refractivity contribution is 0.122. The van der Waals surface area contributed by atoms with E-state index in [1.54, 1.807) is 18.2 Å². The third kappa shape index (κ3) is 10.7. The minimum absolute atomic E-state index is 0.0543. The molecule has 4 aromatic carbocycles. The zero-order valence-electron chi connectivity index (χ0n) is 33.3. The van der Waals surface area contributed by atoms with Gasteiger partial charge in [0.25, 0.3) is 10.1 Å². The van der Waals surface area contributed by atoms with E-state index in [-0.39, 0.29) is 45.5 Å². The van der Waals surface area contributed by atoms with Crippen molar-refractivity contribution in [2.75, 3.05) is 89.9 Å². The molecule has 0 unspecified atom stereocenters. The standard InChI is InChI=1S/C41H42N12O7S2/c1-61(54,55)34-26-32(44-38-46-36(42-30-8-4-2-5-9-30)48-40(50-38)52-18-22-59-23-19-52)16-14-28(34)12-13-29-15-17-33(27-35(29)62(56,57)58)45-39-47-37(43-31-10-6-3-7-11-31)49-41(51-39)53-20-24-60-25-21-53/h2-17,26-27H,18-25H2,1H3,(H,56,57,58)(H2,42,44,46,48,50)(H2,43,45,47,49,51)/b13-12+. The van der Waals surface area contributed by atoms with Crippen LogP contribution < -0.4 is 31.1 Å². The van der Waals surface area contributed by atoms with E-state index in [4.69, 9.17) is 9.47 Å². The molecule has 320 valence electrons. The smallest absolute Gasteiger partial charge is 0.295 e. The van der Waals surface area contributed by atoms with Crippen LogP contribution in [-0.4, -0.2) is 110 Å². The first kappa shape index (κ1) is 41.9. The van der Waals surface area contributed by atoms with Gasteiger partial charge in [0.2, 0.25) is 35.7 Å². The first-order valence-electron chi connectivity index (χ1n) is 19.4. The molecule has 4 heterocycles. The molecule has 5 N–H and O–H groups in total. The summed E-state index contributed by atoms with van der Waals surface area (Å²) in [6.07, 6.45) is 3.94. The Balaban J connectivity index is 1.06. The van der Waals surface area contributed by atoms with Crippen molar-refractivity contribution < 1.29 is 30.9 Å². The molecule has 21 heteroatoms. The summed E-state index contributed by atoms with van der Waals surface area (Å²) in [6, 6.07) is 27.7. The predicted octanol–water partition coefficient (Wildman–Crippen LogP) is 5.52. The number of para-hydroxylation sites is 2. The maximum Gasteiger partial charge on any atom is 0.295 e. The summed E-state index contributed by atoms with van der Waals surface area (Å²) in [4.78, 5) is 30.9. The van der Waals surface area contributed by atoms with Gasteiger partial charge in [0.15, 0.2) is 9.84 Å². The highest BCUT2D eigenvalue weighted by molar-refractivity contribution is 7.90. The molecule has 0 aliphatic carbocycles. The highest BCUT2D eigenvalue weighted by Gasteiger charge is 2.21. The monoisotopic (exact) mass is 878 g/mol. The van der Waals surface area contributed by atoms with E-state index in [1.807, 2.05) is 70.5 Å². The van der Waals surface area contributed by atoms with E-state index in [2.05, 4.69) is 51.2 Å². The summed E-state index contributed by atoms with van der Waals surface area (Å²) in [7, 11) is -8.62. The molecule has 2 aromatic heterocycles. The van der Waals surface area contributed by atoms with Crippen LogP contribution >= 0.6 is 0 Å². The fourth-order valence-electron chi connectivity index (χ4n) is 6.55.